The molecule has 1 amide bonds. The van der Waals surface area contributed by atoms with Crippen LogP contribution in [0, 0.1) is 6.92 Å². The molecule has 3 aromatic rings. The van der Waals surface area contributed by atoms with Crippen LogP contribution < -0.4 is 19.1 Å². The highest BCUT2D eigenvalue weighted by Gasteiger charge is 2.39. The van der Waals surface area contributed by atoms with Crippen molar-refractivity contribution in [3.8, 4) is 11.5 Å². The van der Waals surface area contributed by atoms with Gasteiger partial charge in [0.1, 0.15) is 23.6 Å². The van der Waals surface area contributed by atoms with E-state index in [-0.39, 0.29) is 17.5 Å². The Labute approximate surface area is 233 Å². The van der Waals surface area contributed by atoms with E-state index in [1.807, 2.05) is 43.3 Å². The van der Waals surface area contributed by atoms with E-state index in [1.165, 1.54) is 19.2 Å². The lowest BCUT2D eigenvalue weighted by Crippen LogP contribution is -2.47. The van der Waals surface area contributed by atoms with E-state index < -0.39 is 21.5 Å². The summed E-state index contributed by atoms with van der Waals surface area (Å²) in [6, 6.07) is 19.0. The van der Waals surface area contributed by atoms with Gasteiger partial charge in [0, 0.05) is 12.0 Å². The van der Waals surface area contributed by atoms with Crippen molar-refractivity contribution in [3.63, 3.8) is 0 Å². The molecule has 0 unspecified atom stereocenters. The first kappa shape index (κ1) is 28.0. The number of hydrogen-bond donors (Lipinski definition) is 1. The molecule has 1 aliphatic heterocycles. The molecule has 0 radical (unpaired) electrons. The van der Waals surface area contributed by atoms with Crippen molar-refractivity contribution in [3.05, 3.63) is 82.3 Å². The van der Waals surface area contributed by atoms with E-state index in [2.05, 4.69) is 35.1 Å². The molecule has 1 heterocycles. The molecule has 9 heteroatoms. The lowest BCUT2D eigenvalue weighted by atomic mass is 9.83. The highest BCUT2D eigenvalue weighted by Crippen LogP contribution is 2.42. The molecule has 4 rings (SSSR count). The number of para-hydroxylation sites is 1. The second-order valence-corrected chi connectivity index (χ2v) is 12.2. The molecule has 38 heavy (non-hydrogen) atoms. The molecule has 202 valence electrons. The van der Waals surface area contributed by atoms with Crippen LogP contribution in [-0.4, -0.2) is 33.6 Å². The lowest BCUT2D eigenvalue weighted by molar-refractivity contribution is -0.121. The lowest BCUT2D eigenvalue weighted by Gasteiger charge is -2.41. The fraction of sp³-hybridized carbons (Fsp3) is 0.345. The Morgan fingerprint density at radius 1 is 1.11 bits per heavy atom. The first-order chi connectivity index (χ1) is 18.1. The number of rotatable bonds is 9. The standard InChI is InChI=1S/C29H33BrN2O5S/c1-5-29(6-2)18-25(23-9-7-8-10-26(23)37-29)31-28(33)19-32(21-13-11-20(3)12-14-21)38(34,35)22-15-16-27(36-4)24(30)17-22/h7-17,25H,5-6,18-19H2,1-4H3,(H,31,33)/t25-/m1/s1. The summed E-state index contributed by atoms with van der Waals surface area (Å²) in [5, 5.41) is 3.11. The number of hydrogen-bond acceptors (Lipinski definition) is 5. The Bertz CT molecular complexity index is 1400. The Kier molecular flexibility index (Phi) is 8.37. The van der Waals surface area contributed by atoms with Crippen LogP contribution in [0.25, 0.3) is 0 Å². The second-order valence-electron chi connectivity index (χ2n) is 9.50. The van der Waals surface area contributed by atoms with Gasteiger partial charge in [-0.2, -0.15) is 0 Å². The van der Waals surface area contributed by atoms with Gasteiger partial charge in [-0.3, -0.25) is 9.10 Å². The van der Waals surface area contributed by atoms with Crippen molar-refractivity contribution in [2.45, 2.75) is 56.6 Å². The maximum atomic E-state index is 13.9. The quantitative estimate of drug-likeness (QED) is 0.318. The molecule has 0 bridgehead atoms. The minimum atomic E-state index is -4.08. The molecule has 3 aromatic carbocycles. The highest BCUT2D eigenvalue weighted by molar-refractivity contribution is 9.10. The predicted octanol–water partition coefficient (Wildman–Crippen LogP) is 6.16. The molecule has 1 aliphatic rings. The van der Waals surface area contributed by atoms with Crippen LogP contribution in [-0.2, 0) is 14.8 Å². The third-order valence-corrected chi connectivity index (χ3v) is 9.53. The number of methoxy groups -OCH3 is 1. The maximum absolute atomic E-state index is 13.9. The number of carbonyl (C=O) groups excluding carboxylic acids is 1. The first-order valence-corrected chi connectivity index (χ1v) is 14.9. The number of sulfonamides is 1. The maximum Gasteiger partial charge on any atom is 0.264 e. The summed E-state index contributed by atoms with van der Waals surface area (Å²) in [5.41, 5.74) is 1.88. The van der Waals surface area contributed by atoms with Crippen LogP contribution in [0.1, 0.15) is 50.3 Å². The molecular weight excluding hydrogens is 568 g/mol. The third-order valence-electron chi connectivity index (χ3n) is 7.14. The second kappa shape index (κ2) is 11.4. The molecule has 0 aliphatic carbocycles. The number of halogens is 1. The Morgan fingerprint density at radius 3 is 2.42 bits per heavy atom. The topological polar surface area (TPSA) is 84.9 Å². The molecule has 0 saturated carbocycles. The van der Waals surface area contributed by atoms with Gasteiger partial charge in [-0.25, -0.2) is 8.42 Å². The monoisotopic (exact) mass is 600 g/mol. The van der Waals surface area contributed by atoms with Crippen molar-refractivity contribution in [1.82, 2.24) is 5.32 Å². The summed E-state index contributed by atoms with van der Waals surface area (Å²) in [4.78, 5) is 13.6. The van der Waals surface area contributed by atoms with Crippen molar-refractivity contribution in [1.29, 1.82) is 0 Å². The van der Waals surface area contributed by atoms with Crippen molar-refractivity contribution < 1.29 is 22.7 Å². The summed E-state index contributed by atoms with van der Waals surface area (Å²) < 4.78 is 41.0. The number of benzene rings is 3. The van der Waals surface area contributed by atoms with Crippen LogP contribution in [0.15, 0.2) is 76.1 Å². The number of carbonyl (C=O) groups is 1. The Hall–Kier alpha value is -3.04. The molecule has 0 saturated heterocycles. The number of fused-ring (bicyclic) bond motifs is 1. The highest BCUT2D eigenvalue weighted by atomic mass is 79.9. The van der Waals surface area contributed by atoms with Gasteiger partial charge in [-0.05, 0) is 72.1 Å². The van der Waals surface area contributed by atoms with Gasteiger partial charge in [-0.1, -0.05) is 49.7 Å². The summed E-state index contributed by atoms with van der Waals surface area (Å²) in [6.45, 7) is 5.70. The Balaban J connectivity index is 1.67. The zero-order chi connectivity index (χ0) is 27.5. The Morgan fingerprint density at radius 2 is 1.79 bits per heavy atom. The summed E-state index contributed by atoms with van der Waals surface area (Å²) in [7, 11) is -2.57. The molecular formula is C29H33BrN2O5S. The van der Waals surface area contributed by atoms with E-state index in [4.69, 9.17) is 9.47 Å². The van der Waals surface area contributed by atoms with Gasteiger partial charge in [-0.15, -0.1) is 0 Å². The SMILES string of the molecule is CCC1(CC)C[C@@H](NC(=O)CN(c2ccc(C)cc2)S(=O)(=O)c2ccc(OC)c(Br)c2)c2ccccc2O1. The number of ether oxygens (including phenoxy) is 2. The van der Waals surface area contributed by atoms with E-state index in [9.17, 15) is 13.2 Å². The van der Waals surface area contributed by atoms with E-state index >= 15 is 0 Å². The minimum Gasteiger partial charge on any atom is -0.496 e. The van der Waals surface area contributed by atoms with Gasteiger partial charge in [0.2, 0.25) is 5.91 Å². The molecule has 0 spiro atoms. The average molecular weight is 602 g/mol. The van der Waals surface area contributed by atoms with Crippen LogP contribution in [0.2, 0.25) is 0 Å². The number of nitrogens with one attached hydrogen (secondary N) is 1. The zero-order valence-corrected chi connectivity index (χ0v) is 24.4. The number of nitrogens with zero attached hydrogens (tertiary/aromatic N) is 1. The smallest absolute Gasteiger partial charge is 0.264 e. The van der Waals surface area contributed by atoms with Crippen LogP contribution in [0.4, 0.5) is 5.69 Å². The van der Waals surface area contributed by atoms with E-state index in [0.717, 1.165) is 34.0 Å². The van der Waals surface area contributed by atoms with Crippen molar-refractivity contribution >= 4 is 37.5 Å². The number of aryl methyl sites for hydroxylation is 1. The minimum absolute atomic E-state index is 0.0472. The summed E-state index contributed by atoms with van der Waals surface area (Å²) in [6.07, 6.45) is 2.19. The molecule has 0 fully saturated rings. The van der Waals surface area contributed by atoms with Crippen LogP contribution in [0.5, 0.6) is 11.5 Å². The summed E-state index contributed by atoms with van der Waals surface area (Å²) in [5.74, 6) is 0.862. The third kappa shape index (κ3) is 5.68. The molecule has 7 nitrogen and oxygen atoms in total. The fourth-order valence-corrected chi connectivity index (χ4v) is 6.90. The average Bonchev–Trinajstić information content (AvgIpc) is 2.92. The number of amides is 1. The number of anilines is 1. The zero-order valence-electron chi connectivity index (χ0n) is 22.0. The molecule has 1 atom stereocenters. The normalized spacial score (nSPS) is 16.2. The first-order valence-electron chi connectivity index (χ1n) is 12.6. The van der Waals surface area contributed by atoms with E-state index in [1.54, 1.807) is 18.2 Å². The molecule has 1 N–H and O–H groups in total. The van der Waals surface area contributed by atoms with E-state index in [0.29, 0.717) is 22.3 Å². The predicted molar refractivity (Wildman–Crippen MR) is 152 cm³/mol. The van der Waals surface area contributed by atoms with Crippen LogP contribution in [0.3, 0.4) is 0 Å². The van der Waals surface area contributed by atoms with Crippen molar-refractivity contribution in [2.75, 3.05) is 18.0 Å². The van der Waals surface area contributed by atoms with Gasteiger partial charge in [0.15, 0.2) is 0 Å². The van der Waals surface area contributed by atoms with Gasteiger partial charge >= 0.3 is 0 Å². The molecule has 0 aromatic heterocycles. The van der Waals surface area contributed by atoms with Gasteiger partial charge in [0.05, 0.1) is 28.2 Å². The van der Waals surface area contributed by atoms with Gasteiger partial charge < -0.3 is 14.8 Å². The summed E-state index contributed by atoms with van der Waals surface area (Å²) >= 11 is 3.37. The van der Waals surface area contributed by atoms with Crippen molar-refractivity contribution in [2.24, 2.45) is 0 Å². The van der Waals surface area contributed by atoms with Crippen LogP contribution >= 0.6 is 15.9 Å². The largest absolute Gasteiger partial charge is 0.496 e. The van der Waals surface area contributed by atoms with Gasteiger partial charge in [0.25, 0.3) is 10.0 Å². The fourth-order valence-electron chi connectivity index (χ4n) is 4.76.